The topological polar surface area (TPSA) is 65.4 Å². The Kier molecular flexibility index (Phi) is 1.40. The number of carbonyl (C=O) groups is 1. The number of fused-ring (bicyclic) bond motifs is 1. The molecule has 0 aliphatic heterocycles. The Morgan fingerprint density at radius 2 is 1.85 bits per heavy atom. The van der Waals surface area contributed by atoms with Gasteiger partial charge in [-0.2, -0.15) is 0 Å². The summed E-state index contributed by atoms with van der Waals surface area (Å²) < 4.78 is 0. The zero-order valence-electron chi connectivity index (χ0n) is 6.56. The minimum atomic E-state index is -0.497. The molecular formula is C9H5N2O2+. The predicted molar refractivity (Wildman–Crippen MR) is 45.4 cm³/mol. The van der Waals surface area contributed by atoms with Crippen molar-refractivity contribution >= 4 is 11.5 Å². The molecule has 1 aliphatic carbocycles. The van der Waals surface area contributed by atoms with Gasteiger partial charge >= 0.3 is 5.70 Å². The normalized spacial score (nSPS) is 14.2. The van der Waals surface area contributed by atoms with Crippen molar-refractivity contribution in [2.45, 2.75) is 0 Å². The van der Waals surface area contributed by atoms with Crippen molar-refractivity contribution < 1.29 is 9.90 Å². The molecule has 0 radical (unpaired) electrons. The van der Waals surface area contributed by atoms with Crippen molar-refractivity contribution in [3.8, 4) is 0 Å². The number of aliphatic hydroxyl groups is 1. The maximum Gasteiger partial charge on any atom is 0.438 e. The van der Waals surface area contributed by atoms with Gasteiger partial charge in [-0.1, -0.05) is 18.2 Å². The number of Topliss-reactive ketones (excluding diaryl/α,β-unsaturated/α-hetero) is 1. The number of aliphatic hydroxyl groups excluding tert-OH is 1. The molecule has 0 fully saturated rings. The lowest BCUT2D eigenvalue weighted by Gasteiger charge is -1.90. The average molecular weight is 173 g/mol. The van der Waals surface area contributed by atoms with Crippen LogP contribution < -0.4 is 0 Å². The second kappa shape index (κ2) is 2.42. The molecule has 4 nitrogen and oxygen atoms in total. The third kappa shape index (κ3) is 0.842. The van der Waals surface area contributed by atoms with E-state index in [1.165, 1.54) is 0 Å². The zero-order valence-corrected chi connectivity index (χ0v) is 6.56. The van der Waals surface area contributed by atoms with Gasteiger partial charge in [0.05, 0.1) is 5.56 Å². The molecule has 0 saturated heterocycles. The summed E-state index contributed by atoms with van der Waals surface area (Å²) in [6, 6.07) is 6.58. The molecule has 1 N–H and O–H groups in total. The van der Waals surface area contributed by atoms with Crippen LogP contribution in [0.15, 0.2) is 30.0 Å². The lowest BCUT2D eigenvalue weighted by atomic mass is 10.1. The number of diazo groups is 1. The van der Waals surface area contributed by atoms with Crippen molar-refractivity contribution in [3.05, 3.63) is 46.1 Å². The number of benzene rings is 1. The molecule has 0 bridgehead atoms. The molecule has 4 heteroatoms. The Morgan fingerprint density at radius 1 is 1.23 bits per heavy atom. The van der Waals surface area contributed by atoms with E-state index in [4.69, 9.17) is 5.39 Å². The number of rotatable bonds is 0. The van der Waals surface area contributed by atoms with E-state index in [9.17, 15) is 9.90 Å². The first-order valence-electron chi connectivity index (χ1n) is 3.68. The molecule has 0 spiro atoms. The van der Waals surface area contributed by atoms with E-state index in [0.717, 1.165) is 0 Å². The molecule has 1 aliphatic rings. The molecule has 2 rings (SSSR count). The summed E-state index contributed by atoms with van der Waals surface area (Å²) in [6.07, 6.45) is 0. The fourth-order valence-electron chi connectivity index (χ4n) is 1.35. The maximum atomic E-state index is 11.3. The first kappa shape index (κ1) is 7.50. The van der Waals surface area contributed by atoms with Gasteiger partial charge in [0.25, 0.3) is 5.76 Å². The monoisotopic (exact) mass is 173 g/mol. The van der Waals surface area contributed by atoms with Gasteiger partial charge in [0.2, 0.25) is 11.2 Å². The van der Waals surface area contributed by atoms with E-state index < -0.39 is 11.5 Å². The standard InChI is InChI=1S/C9H4N2O2/c10-11-7-5-3-1-2-4-6(5)8(12)9(7)13/h1-4H/p+1. The molecule has 0 aromatic heterocycles. The summed E-state index contributed by atoms with van der Waals surface area (Å²) in [6.45, 7) is 0. The Morgan fingerprint density at radius 3 is 2.46 bits per heavy atom. The van der Waals surface area contributed by atoms with Crippen molar-refractivity contribution in [1.82, 2.24) is 0 Å². The Labute approximate surface area is 73.7 Å². The number of hydrogen-bond acceptors (Lipinski definition) is 3. The van der Waals surface area contributed by atoms with Crippen LogP contribution in [-0.2, 0) is 0 Å². The van der Waals surface area contributed by atoms with Gasteiger partial charge in [0, 0.05) is 5.56 Å². The van der Waals surface area contributed by atoms with Gasteiger partial charge < -0.3 is 5.11 Å². The van der Waals surface area contributed by atoms with E-state index in [1.54, 1.807) is 24.3 Å². The molecule has 1 aromatic carbocycles. The fourth-order valence-corrected chi connectivity index (χ4v) is 1.35. The third-order valence-electron chi connectivity index (χ3n) is 1.97. The summed E-state index contributed by atoms with van der Waals surface area (Å²) in [4.78, 5) is 14.2. The SMILES string of the molecule is N#[N+]C1=C(O)C(=O)c2ccccc21. The van der Waals surface area contributed by atoms with Gasteiger partial charge in [-0.05, 0) is 6.07 Å². The highest BCUT2D eigenvalue weighted by atomic mass is 16.3. The number of carbonyl (C=O) groups excluding carboxylic acids is 1. The number of nitrogens with zero attached hydrogens (tertiary/aromatic N) is 2. The van der Waals surface area contributed by atoms with Gasteiger partial charge in [-0.15, -0.1) is 0 Å². The maximum absolute atomic E-state index is 11.3. The predicted octanol–water partition coefficient (Wildman–Crippen LogP) is 1.96. The van der Waals surface area contributed by atoms with Crippen LogP contribution in [0.2, 0.25) is 0 Å². The Hall–Kier alpha value is -2.15. The molecule has 13 heavy (non-hydrogen) atoms. The molecule has 0 saturated carbocycles. The minimum Gasteiger partial charge on any atom is -0.499 e. The van der Waals surface area contributed by atoms with Crippen LogP contribution in [0.1, 0.15) is 15.9 Å². The van der Waals surface area contributed by atoms with Gasteiger partial charge in [0.1, 0.15) is 0 Å². The smallest absolute Gasteiger partial charge is 0.438 e. The van der Waals surface area contributed by atoms with Crippen LogP contribution in [0.5, 0.6) is 0 Å². The second-order valence-electron chi connectivity index (χ2n) is 2.67. The average Bonchev–Trinajstić information content (AvgIpc) is 2.41. The van der Waals surface area contributed by atoms with E-state index in [0.29, 0.717) is 11.1 Å². The molecule has 0 atom stereocenters. The molecule has 1 aromatic rings. The second-order valence-corrected chi connectivity index (χ2v) is 2.67. The van der Waals surface area contributed by atoms with Gasteiger partial charge in [-0.25, -0.2) is 0 Å². The van der Waals surface area contributed by atoms with E-state index >= 15 is 0 Å². The summed E-state index contributed by atoms with van der Waals surface area (Å²) >= 11 is 0. The lowest BCUT2D eigenvalue weighted by Crippen LogP contribution is -1.96. The zero-order chi connectivity index (χ0) is 9.42. The summed E-state index contributed by atoms with van der Waals surface area (Å²) in [5, 5.41) is 17.8. The van der Waals surface area contributed by atoms with E-state index in [2.05, 4.69) is 4.98 Å². The van der Waals surface area contributed by atoms with Crippen LogP contribution in [0.3, 0.4) is 0 Å². The van der Waals surface area contributed by atoms with Crippen molar-refractivity contribution in [3.63, 3.8) is 0 Å². The van der Waals surface area contributed by atoms with Crippen molar-refractivity contribution in [2.24, 2.45) is 0 Å². The van der Waals surface area contributed by atoms with E-state index in [1.807, 2.05) is 0 Å². The molecule has 0 heterocycles. The van der Waals surface area contributed by atoms with Crippen LogP contribution in [0, 0.1) is 5.39 Å². The summed E-state index contributed by atoms with van der Waals surface area (Å²) in [5.74, 6) is -0.993. The van der Waals surface area contributed by atoms with Crippen LogP contribution >= 0.6 is 0 Å². The molecule has 0 amide bonds. The molecular weight excluding hydrogens is 168 g/mol. The van der Waals surface area contributed by atoms with Crippen molar-refractivity contribution in [2.75, 3.05) is 0 Å². The number of allylic oxidation sites excluding steroid dienone is 1. The third-order valence-corrected chi connectivity index (χ3v) is 1.97. The quantitative estimate of drug-likeness (QED) is 0.610. The summed E-state index contributed by atoms with van der Waals surface area (Å²) in [7, 11) is 0. The van der Waals surface area contributed by atoms with Gasteiger partial charge in [-0.3, -0.25) is 4.79 Å². The number of ketones is 1. The van der Waals surface area contributed by atoms with E-state index in [-0.39, 0.29) is 5.70 Å². The number of hydrogen-bond donors (Lipinski definition) is 1. The highest BCUT2D eigenvalue weighted by molar-refractivity contribution is 6.19. The largest absolute Gasteiger partial charge is 0.499 e. The Bertz CT molecular complexity index is 469. The highest BCUT2D eigenvalue weighted by Crippen LogP contribution is 2.31. The summed E-state index contributed by atoms with van der Waals surface area (Å²) in [5.41, 5.74) is 0.779. The first-order chi connectivity index (χ1) is 6.25. The Balaban J connectivity index is 2.76. The molecule has 62 valence electrons. The van der Waals surface area contributed by atoms with Crippen molar-refractivity contribution in [1.29, 1.82) is 5.39 Å². The lowest BCUT2D eigenvalue weighted by molar-refractivity contribution is 0.0984. The molecule has 0 unspecified atom stereocenters. The minimum absolute atomic E-state index is 0.0550. The van der Waals surface area contributed by atoms with Crippen LogP contribution in [0.4, 0.5) is 0 Å². The first-order valence-corrected chi connectivity index (χ1v) is 3.68. The highest BCUT2D eigenvalue weighted by Gasteiger charge is 2.38. The van der Waals surface area contributed by atoms with Crippen LogP contribution in [0.25, 0.3) is 10.7 Å². The van der Waals surface area contributed by atoms with Crippen LogP contribution in [-0.4, -0.2) is 10.9 Å². The fraction of sp³-hybridized carbons (Fsp3) is 0. The van der Waals surface area contributed by atoms with Gasteiger partial charge in [0.15, 0.2) is 4.98 Å².